The largest absolute Gasteiger partial charge is 0.462 e. The third-order valence-corrected chi connectivity index (χ3v) is 12.5. The van der Waals surface area contributed by atoms with E-state index in [2.05, 4.69) is 93.7 Å². The molecule has 0 aliphatic heterocycles. The lowest BCUT2D eigenvalue weighted by Crippen LogP contribution is -2.30. The highest BCUT2D eigenvalue weighted by atomic mass is 16.6. The highest BCUT2D eigenvalue weighted by Crippen LogP contribution is 2.15. The highest BCUT2D eigenvalue weighted by Gasteiger charge is 2.19. The molecule has 0 aromatic heterocycles. The molecule has 68 heavy (non-hydrogen) atoms. The Kier molecular flexibility index (Phi) is 53.8. The summed E-state index contributed by atoms with van der Waals surface area (Å²) < 4.78 is 16.9. The molecule has 0 aromatic carbocycles. The van der Waals surface area contributed by atoms with E-state index in [9.17, 15) is 14.4 Å². The Balaban J connectivity index is 4.39. The van der Waals surface area contributed by atoms with E-state index in [0.717, 1.165) is 83.5 Å². The fourth-order valence-corrected chi connectivity index (χ4v) is 8.13. The Morgan fingerprint density at radius 3 is 0.971 bits per heavy atom. The zero-order valence-corrected chi connectivity index (χ0v) is 44.9. The molecule has 0 saturated carbocycles. The van der Waals surface area contributed by atoms with E-state index in [4.69, 9.17) is 14.2 Å². The van der Waals surface area contributed by atoms with E-state index >= 15 is 0 Å². The predicted molar refractivity (Wildman–Crippen MR) is 293 cm³/mol. The summed E-state index contributed by atoms with van der Waals surface area (Å²) in [5, 5.41) is 0. The van der Waals surface area contributed by atoms with E-state index in [1.165, 1.54) is 161 Å². The minimum Gasteiger partial charge on any atom is -0.462 e. The maximum atomic E-state index is 12.9. The van der Waals surface area contributed by atoms with Crippen LogP contribution in [0.15, 0.2) is 72.9 Å². The molecule has 0 heterocycles. The van der Waals surface area contributed by atoms with Crippen LogP contribution in [0.1, 0.15) is 284 Å². The molecule has 0 aliphatic rings. The van der Waals surface area contributed by atoms with Gasteiger partial charge in [0.05, 0.1) is 0 Å². The van der Waals surface area contributed by atoms with Crippen LogP contribution in [0.2, 0.25) is 0 Å². The maximum Gasteiger partial charge on any atom is 0.306 e. The average molecular weight is 950 g/mol. The smallest absolute Gasteiger partial charge is 0.306 e. The van der Waals surface area contributed by atoms with Crippen molar-refractivity contribution in [3.8, 4) is 0 Å². The predicted octanol–water partition coefficient (Wildman–Crippen LogP) is 19.4. The van der Waals surface area contributed by atoms with E-state index in [0.29, 0.717) is 19.3 Å². The summed E-state index contributed by atoms with van der Waals surface area (Å²) in [5.74, 6) is -0.899. The van der Waals surface area contributed by atoms with Crippen LogP contribution in [-0.4, -0.2) is 37.2 Å². The highest BCUT2D eigenvalue weighted by molar-refractivity contribution is 5.71. The Hall–Kier alpha value is -3.15. The number of allylic oxidation sites excluding steroid dienone is 12. The van der Waals surface area contributed by atoms with Gasteiger partial charge in [0.15, 0.2) is 6.10 Å². The third-order valence-electron chi connectivity index (χ3n) is 12.5. The van der Waals surface area contributed by atoms with E-state index < -0.39 is 6.10 Å². The van der Waals surface area contributed by atoms with Crippen molar-refractivity contribution in [1.29, 1.82) is 0 Å². The minimum atomic E-state index is -0.786. The van der Waals surface area contributed by atoms with E-state index in [1.807, 2.05) is 0 Å². The van der Waals surface area contributed by atoms with Crippen LogP contribution < -0.4 is 0 Å². The summed E-state index contributed by atoms with van der Waals surface area (Å²) in [7, 11) is 0. The molecule has 0 N–H and O–H groups in total. The van der Waals surface area contributed by atoms with Crippen LogP contribution in [0.3, 0.4) is 0 Å². The molecule has 1 atom stereocenters. The van der Waals surface area contributed by atoms with Crippen LogP contribution in [-0.2, 0) is 28.6 Å². The van der Waals surface area contributed by atoms with Crippen molar-refractivity contribution in [3.05, 3.63) is 72.9 Å². The zero-order chi connectivity index (χ0) is 49.3. The van der Waals surface area contributed by atoms with Crippen LogP contribution in [0, 0.1) is 0 Å². The van der Waals surface area contributed by atoms with Gasteiger partial charge in [0.1, 0.15) is 13.2 Å². The summed E-state index contributed by atoms with van der Waals surface area (Å²) in [5.41, 5.74) is 0. The maximum absolute atomic E-state index is 12.9. The second-order valence-corrected chi connectivity index (χ2v) is 19.3. The third kappa shape index (κ3) is 53.8. The molecule has 0 fully saturated rings. The van der Waals surface area contributed by atoms with Gasteiger partial charge in [-0.3, -0.25) is 14.4 Å². The SMILES string of the molecule is CC\C=C/C=C\C=C/CCCCCCCCCC(=O)OCC(COC(=O)CCCCCCCCCCCC/C=C\C=C/CCCCC)OC(=O)CCCCCCC/C=C\CCCCCCCCC. The first-order valence-electron chi connectivity index (χ1n) is 29.0. The molecule has 6 nitrogen and oxygen atoms in total. The molecule has 0 aromatic rings. The molecule has 0 bridgehead atoms. The Morgan fingerprint density at radius 2 is 0.588 bits per heavy atom. The average Bonchev–Trinajstić information content (AvgIpc) is 3.34. The van der Waals surface area contributed by atoms with Gasteiger partial charge in [0.2, 0.25) is 0 Å². The lowest BCUT2D eigenvalue weighted by atomic mass is 10.1. The molecule has 392 valence electrons. The van der Waals surface area contributed by atoms with E-state index in [1.54, 1.807) is 0 Å². The topological polar surface area (TPSA) is 78.9 Å². The van der Waals surface area contributed by atoms with Gasteiger partial charge in [-0.2, -0.15) is 0 Å². The molecule has 0 aliphatic carbocycles. The molecule has 6 heteroatoms. The Labute approximate surface area is 421 Å². The second kappa shape index (κ2) is 56.4. The molecular weight excluding hydrogens is 841 g/mol. The number of esters is 3. The van der Waals surface area contributed by atoms with Crippen molar-refractivity contribution in [1.82, 2.24) is 0 Å². The number of carbonyl (C=O) groups excluding carboxylic acids is 3. The number of unbranched alkanes of at least 4 members (excludes halogenated alkanes) is 32. The van der Waals surface area contributed by atoms with Gasteiger partial charge in [-0.15, -0.1) is 0 Å². The van der Waals surface area contributed by atoms with Crippen molar-refractivity contribution in [2.75, 3.05) is 13.2 Å². The van der Waals surface area contributed by atoms with Gasteiger partial charge in [-0.05, 0) is 89.9 Å². The minimum absolute atomic E-state index is 0.0837. The molecule has 0 rings (SSSR count). The molecular formula is C62H108O6. The molecule has 0 spiro atoms. The fraction of sp³-hybridized carbons (Fsp3) is 0.758. The van der Waals surface area contributed by atoms with Crippen LogP contribution in [0.4, 0.5) is 0 Å². The number of hydrogen-bond acceptors (Lipinski definition) is 6. The first kappa shape index (κ1) is 64.8. The summed E-state index contributed by atoms with van der Waals surface area (Å²) in [6, 6.07) is 0. The van der Waals surface area contributed by atoms with Gasteiger partial charge in [-0.25, -0.2) is 0 Å². The number of hydrogen-bond donors (Lipinski definition) is 0. The lowest BCUT2D eigenvalue weighted by molar-refractivity contribution is -0.167. The number of carbonyl (C=O) groups is 3. The van der Waals surface area contributed by atoms with E-state index in [-0.39, 0.29) is 31.1 Å². The Bertz CT molecular complexity index is 1270. The quantitative estimate of drug-likeness (QED) is 0.0199. The first-order chi connectivity index (χ1) is 33.5. The first-order valence-corrected chi connectivity index (χ1v) is 29.0. The van der Waals surface area contributed by atoms with Crippen molar-refractivity contribution < 1.29 is 28.6 Å². The molecule has 0 amide bonds. The second-order valence-electron chi connectivity index (χ2n) is 19.3. The summed E-state index contributed by atoms with van der Waals surface area (Å²) in [6.07, 6.45) is 71.7. The summed E-state index contributed by atoms with van der Waals surface area (Å²) >= 11 is 0. The van der Waals surface area contributed by atoms with Crippen molar-refractivity contribution in [2.45, 2.75) is 290 Å². The van der Waals surface area contributed by atoms with Crippen LogP contribution in [0.25, 0.3) is 0 Å². The van der Waals surface area contributed by atoms with Gasteiger partial charge < -0.3 is 14.2 Å². The normalized spacial score (nSPS) is 12.6. The zero-order valence-electron chi connectivity index (χ0n) is 44.9. The molecule has 0 saturated heterocycles. The number of ether oxygens (including phenoxy) is 3. The van der Waals surface area contributed by atoms with Crippen molar-refractivity contribution >= 4 is 17.9 Å². The van der Waals surface area contributed by atoms with Crippen LogP contribution in [0.5, 0.6) is 0 Å². The van der Waals surface area contributed by atoms with Gasteiger partial charge >= 0.3 is 17.9 Å². The van der Waals surface area contributed by atoms with Gasteiger partial charge in [0, 0.05) is 19.3 Å². The molecule has 1 unspecified atom stereocenters. The molecule has 0 radical (unpaired) electrons. The van der Waals surface area contributed by atoms with Gasteiger partial charge in [0.25, 0.3) is 0 Å². The van der Waals surface area contributed by atoms with Crippen molar-refractivity contribution in [3.63, 3.8) is 0 Å². The fourth-order valence-electron chi connectivity index (χ4n) is 8.13. The number of rotatable bonds is 52. The monoisotopic (exact) mass is 949 g/mol. The lowest BCUT2D eigenvalue weighted by Gasteiger charge is -2.18. The van der Waals surface area contributed by atoms with Crippen LogP contribution >= 0.6 is 0 Å². The summed E-state index contributed by atoms with van der Waals surface area (Å²) in [6.45, 7) is 6.48. The Morgan fingerprint density at radius 1 is 0.309 bits per heavy atom. The van der Waals surface area contributed by atoms with Crippen molar-refractivity contribution in [2.24, 2.45) is 0 Å². The summed E-state index contributed by atoms with van der Waals surface area (Å²) in [4.78, 5) is 38.2. The standard InChI is InChI=1S/C62H108O6/c1-4-7-10-13-16-19-22-25-28-30-31-32-35-37-40-43-46-49-52-55-61(64)67-58-59(57-66-60(63)54-51-48-45-42-39-36-33-27-24-21-18-15-12-9-6-3)68-62(65)56-53-50-47-44-41-38-34-29-26-23-20-17-14-11-8-5-2/h9,12,15-16,18-19,21-22,24-25,29,34,59H,4-8,10-11,13-14,17,20,23,26-28,30-33,35-58H2,1-3H3/b12-9-,18-15-,19-16-,24-21-,25-22-,34-29-. The van der Waals surface area contributed by atoms with Gasteiger partial charge in [-0.1, -0.05) is 248 Å².